The minimum Gasteiger partial charge on any atom is -0.496 e. The van der Waals surface area contributed by atoms with Crippen LogP contribution >= 0.6 is 11.3 Å². The summed E-state index contributed by atoms with van der Waals surface area (Å²) in [5, 5.41) is 21.8. The van der Waals surface area contributed by atoms with E-state index in [0.29, 0.717) is 17.1 Å². The molecule has 0 aliphatic carbocycles. The van der Waals surface area contributed by atoms with E-state index in [2.05, 4.69) is 5.32 Å². The maximum atomic E-state index is 13.2. The predicted octanol–water partition coefficient (Wildman–Crippen LogP) is 3.00. The molecule has 0 atom stereocenters. The molecule has 2 aliphatic heterocycles. The molecular formula is C25H24N4O5S. The van der Waals surface area contributed by atoms with Crippen molar-refractivity contribution in [2.45, 2.75) is 12.2 Å². The number of nitrogens with one attached hydrogen (secondary N) is 1. The fraction of sp³-hybridized carbons (Fsp3) is 0.280. The lowest BCUT2D eigenvalue weighted by Crippen LogP contribution is -2.57. The number of aromatic nitrogens is 3. The van der Waals surface area contributed by atoms with Crippen LogP contribution in [0.5, 0.6) is 11.5 Å². The third kappa shape index (κ3) is 3.70. The number of rotatable bonds is 6. The minimum atomic E-state index is -1.03. The highest BCUT2D eigenvalue weighted by atomic mass is 32.1. The monoisotopic (exact) mass is 492 g/mol. The van der Waals surface area contributed by atoms with Gasteiger partial charge in [0, 0.05) is 53.1 Å². The average Bonchev–Trinajstić information content (AvgIpc) is 3.59. The van der Waals surface area contributed by atoms with Crippen molar-refractivity contribution < 1.29 is 24.1 Å². The normalized spacial score (nSPS) is 15.5. The molecule has 1 saturated heterocycles. The van der Waals surface area contributed by atoms with Gasteiger partial charge in [0.25, 0.3) is 5.91 Å². The van der Waals surface area contributed by atoms with Gasteiger partial charge in [-0.05, 0) is 23.6 Å². The van der Waals surface area contributed by atoms with E-state index in [9.17, 15) is 9.90 Å². The molecule has 2 N–H and O–H groups in total. The van der Waals surface area contributed by atoms with Crippen LogP contribution in [0, 0.1) is 0 Å². The molecule has 0 unspecified atom stereocenters. The zero-order valence-corrected chi connectivity index (χ0v) is 20.1. The second kappa shape index (κ2) is 8.26. The lowest BCUT2D eigenvalue weighted by molar-refractivity contribution is -0.173. The Morgan fingerprint density at radius 1 is 1.31 bits per heavy atom. The van der Waals surface area contributed by atoms with Gasteiger partial charge in [-0.25, -0.2) is 4.68 Å². The molecule has 4 aromatic rings. The quantitative estimate of drug-likeness (QED) is 0.429. The standard InChI is InChI=1S/C25H24N4O5S/c1-28-5-3-15(9-28)17-7-18-21(8-20(17)32-2)34-10-19-22(24(30)26-12-25(31)13-33-14-25)27-29(23(18)19)16-4-6-35-11-16/h3-9,11,31H,10,12-14H2,1-2H3,(H,26,30). The van der Waals surface area contributed by atoms with Gasteiger partial charge in [0.15, 0.2) is 5.69 Å². The maximum absolute atomic E-state index is 13.2. The van der Waals surface area contributed by atoms with E-state index in [1.807, 2.05) is 59.0 Å². The van der Waals surface area contributed by atoms with Crippen molar-refractivity contribution in [3.8, 4) is 39.6 Å². The molecular weight excluding hydrogens is 468 g/mol. The zero-order valence-electron chi connectivity index (χ0n) is 19.3. The minimum absolute atomic E-state index is 0.0959. The van der Waals surface area contributed by atoms with Gasteiger partial charge < -0.3 is 29.2 Å². The first-order valence-corrected chi connectivity index (χ1v) is 12.1. The molecule has 6 rings (SSSR count). The van der Waals surface area contributed by atoms with Crippen molar-refractivity contribution >= 4 is 17.2 Å². The summed E-state index contributed by atoms with van der Waals surface area (Å²) >= 11 is 1.55. The smallest absolute Gasteiger partial charge is 0.272 e. The maximum Gasteiger partial charge on any atom is 0.272 e. The number of nitrogens with zero attached hydrogens (tertiary/aromatic N) is 3. The summed E-state index contributed by atoms with van der Waals surface area (Å²) in [6, 6.07) is 7.91. The van der Waals surface area contributed by atoms with Crippen LogP contribution in [0.25, 0.3) is 28.1 Å². The van der Waals surface area contributed by atoms with Crippen molar-refractivity contribution in [1.82, 2.24) is 19.7 Å². The van der Waals surface area contributed by atoms with Gasteiger partial charge in [-0.15, -0.1) is 0 Å². The number of carbonyl (C=O) groups excluding carboxylic acids is 1. The summed E-state index contributed by atoms with van der Waals surface area (Å²) in [6.07, 6.45) is 4.01. The van der Waals surface area contributed by atoms with E-state index in [1.165, 1.54) is 0 Å². The second-order valence-corrected chi connectivity index (χ2v) is 9.65. The van der Waals surface area contributed by atoms with Gasteiger partial charge >= 0.3 is 0 Å². The Hall–Kier alpha value is -3.60. The molecule has 9 nitrogen and oxygen atoms in total. The zero-order chi connectivity index (χ0) is 24.2. The predicted molar refractivity (Wildman–Crippen MR) is 130 cm³/mol. The lowest BCUT2D eigenvalue weighted by Gasteiger charge is -2.36. The molecule has 1 amide bonds. The molecule has 2 aliphatic rings. The van der Waals surface area contributed by atoms with Crippen LogP contribution in [0.15, 0.2) is 47.4 Å². The van der Waals surface area contributed by atoms with E-state index in [4.69, 9.17) is 19.3 Å². The molecule has 10 heteroatoms. The van der Waals surface area contributed by atoms with Crippen molar-refractivity contribution in [3.63, 3.8) is 0 Å². The van der Waals surface area contributed by atoms with Crippen LogP contribution in [-0.4, -0.2) is 57.8 Å². The van der Waals surface area contributed by atoms with E-state index < -0.39 is 5.60 Å². The summed E-state index contributed by atoms with van der Waals surface area (Å²) in [4.78, 5) is 13.2. The summed E-state index contributed by atoms with van der Waals surface area (Å²) in [6.45, 7) is 0.694. The number of hydrogen-bond acceptors (Lipinski definition) is 7. The third-order valence-corrected chi connectivity index (χ3v) is 7.01. The number of hydrogen-bond donors (Lipinski definition) is 2. The molecule has 0 spiro atoms. The summed E-state index contributed by atoms with van der Waals surface area (Å²) in [7, 11) is 3.61. The Labute approximate surface area is 205 Å². The summed E-state index contributed by atoms with van der Waals surface area (Å²) < 4.78 is 20.6. The highest BCUT2D eigenvalue weighted by Gasteiger charge is 2.37. The molecule has 5 heterocycles. The Morgan fingerprint density at radius 3 is 2.83 bits per heavy atom. The van der Waals surface area contributed by atoms with E-state index >= 15 is 0 Å². The molecule has 0 radical (unpaired) electrons. The van der Waals surface area contributed by atoms with Gasteiger partial charge in [0.2, 0.25) is 0 Å². The third-order valence-electron chi connectivity index (χ3n) is 6.34. The highest BCUT2D eigenvalue weighted by Crippen LogP contribution is 2.46. The van der Waals surface area contributed by atoms with E-state index in [-0.39, 0.29) is 38.0 Å². The number of fused-ring (bicyclic) bond motifs is 3. The first kappa shape index (κ1) is 21.9. The lowest BCUT2D eigenvalue weighted by atomic mass is 9.97. The molecule has 35 heavy (non-hydrogen) atoms. The fourth-order valence-corrected chi connectivity index (χ4v) is 5.07. The van der Waals surface area contributed by atoms with Gasteiger partial charge in [-0.2, -0.15) is 16.4 Å². The van der Waals surface area contributed by atoms with Crippen molar-refractivity contribution in [1.29, 1.82) is 0 Å². The number of benzene rings is 1. The van der Waals surface area contributed by atoms with E-state index in [0.717, 1.165) is 28.1 Å². The highest BCUT2D eigenvalue weighted by molar-refractivity contribution is 7.08. The Morgan fingerprint density at radius 2 is 2.17 bits per heavy atom. The number of aryl methyl sites for hydroxylation is 1. The van der Waals surface area contributed by atoms with E-state index in [1.54, 1.807) is 23.1 Å². The first-order chi connectivity index (χ1) is 17.0. The van der Waals surface area contributed by atoms with Crippen LogP contribution in [0.3, 0.4) is 0 Å². The van der Waals surface area contributed by atoms with Gasteiger partial charge in [0.05, 0.1) is 38.2 Å². The van der Waals surface area contributed by atoms with Crippen LogP contribution in [0.2, 0.25) is 0 Å². The van der Waals surface area contributed by atoms with Crippen LogP contribution < -0.4 is 14.8 Å². The molecule has 0 bridgehead atoms. The summed E-state index contributed by atoms with van der Waals surface area (Å²) in [5.74, 6) is 1.01. The average molecular weight is 493 g/mol. The Kier molecular flexibility index (Phi) is 5.17. The fourth-order valence-electron chi connectivity index (χ4n) is 4.45. The van der Waals surface area contributed by atoms with Crippen LogP contribution in [0.4, 0.5) is 0 Å². The largest absolute Gasteiger partial charge is 0.496 e. The van der Waals surface area contributed by atoms with Crippen molar-refractivity contribution in [2.75, 3.05) is 26.9 Å². The van der Waals surface area contributed by atoms with Crippen molar-refractivity contribution in [3.05, 3.63) is 58.7 Å². The SMILES string of the molecule is COc1cc2c(cc1-c1ccn(C)c1)-c1c(c(C(=O)NCC3(O)COC3)nn1-c1ccsc1)CO2. The molecule has 1 aromatic carbocycles. The Bertz CT molecular complexity index is 1420. The van der Waals surface area contributed by atoms with Crippen molar-refractivity contribution in [2.24, 2.45) is 7.05 Å². The molecule has 1 fully saturated rings. The Balaban J connectivity index is 1.48. The molecule has 3 aromatic heterocycles. The number of amides is 1. The molecule has 180 valence electrons. The first-order valence-electron chi connectivity index (χ1n) is 11.2. The number of carbonyl (C=O) groups is 1. The number of aliphatic hydroxyl groups is 1. The second-order valence-electron chi connectivity index (χ2n) is 8.87. The molecule has 0 saturated carbocycles. The van der Waals surface area contributed by atoms with Crippen LogP contribution in [0.1, 0.15) is 16.1 Å². The van der Waals surface area contributed by atoms with Gasteiger partial charge in [0.1, 0.15) is 23.7 Å². The number of ether oxygens (including phenoxy) is 3. The van der Waals surface area contributed by atoms with Gasteiger partial charge in [-0.1, -0.05) is 0 Å². The topological polar surface area (TPSA) is 99.8 Å². The van der Waals surface area contributed by atoms with Gasteiger partial charge in [-0.3, -0.25) is 4.79 Å². The number of methoxy groups -OCH3 is 1. The van der Waals surface area contributed by atoms with Crippen LogP contribution in [-0.2, 0) is 18.4 Å². The number of thiophene rings is 1. The summed E-state index contributed by atoms with van der Waals surface area (Å²) in [5.41, 5.74) is 4.36.